The molecule has 0 radical (unpaired) electrons. The van der Waals surface area contributed by atoms with Crippen molar-refractivity contribution in [2.45, 2.75) is 6.61 Å². The Morgan fingerprint density at radius 2 is 2.10 bits per heavy atom. The van der Waals surface area contributed by atoms with E-state index < -0.39 is 23.7 Å². The maximum Gasteiger partial charge on any atom is 0.387 e. The molecule has 1 fully saturated rings. The van der Waals surface area contributed by atoms with E-state index in [1.165, 1.54) is 50.0 Å². The van der Waals surface area contributed by atoms with E-state index in [1.54, 1.807) is 0 Å². The van der Waals surface area contributed by atoms with Gasteiger partial charge in [0.15, 0.2) is 11.5 Å². The van der Waals surface area contributed by atoms with Crippen LogP contribution in [0.15, 0.2) is 41.7 Å². The van der Waals surface area contributed by atoms with Gasteiger partial charge in [0.25, 0.3) is 17.1 Å². The van der Waals surface area contributed by atoms with E-state index in [-0.39, 0.29) is 35.2 Å². The molecule has 31 heavy (non-hydrogen) atoms. The topological polar surface area (TPSA) is 111 Å². The molecule has 1 aromatic carbocycles. The predicted molar refractivity (Wildman–Crippen MR) is 107 cm³/mol. The second-order valence-corrected chi connectivity index (χ2v) is 6.96. The summed E-state index contributed by atoms with van der Waals surface area (Å²) in [5.41, 5.74) is 0.574. The third-order valence-electron chi connectivity index (χ3n) is 3.99. The van der Waals surface area contributed by atoms with Gasteiger partial charge < -0.3 is 14.8 Å². The van der Waals surface area contributed by atoms with Crippen molar-refractivity contribution in [2.75, 3.05) is 20.2 Å². The molecule has 1 saturated heterocycles. The van der Waals surface area contributed by atoms with Crippen molar-refractivity contribution in [1.29, 1.82) is 0 Å². The number of nitrogens with one attached hydrogen (secondary N) is 1. The molecule has 1 N–H and O–H groups in total. The molecule has 162 valence electrons. The lowest BCUT2D eigenvalue weighted by Gasteiger charge is -2.12. The van der Waals surface area contributed by atoms with E-state index in [1.807, 2.05) is 0 Å². The second-order valence-electron chi connectivity index (χ2n) is 5.97. The van der Waals surface area contributed by atoms with Gasteiger partial charge in [-0.3, -0.25) is 24.3 Å². The first kappa shape index (κ1) is 22.2. The molecule has 0 saturated carbocycles. The number of nitrogens with zero attached hydrogens (tertiary/aromatic N) is 3. The number of rotatable bonds is 8. The maximum absolute atomic E-state index is 12.6. The van der Waals surface area contributed by atoms with Crippen molar-refractivity contribution >= 4 is 34.9 Å². The smallest absolute Gasteiger partial charge is 0.387 e. The molecule has 0 bridgehead atoms. The minimum absolute atomic E-state index is 0.0293. The number of thioether (sulfide) groups is 1. The van der Waals surface area contributed by atoms with E-state index in [4.69, 9.17) is 4.74 Å². The molecule has 2 heterocycles. The van der Waals surface area contributed by atoms with Crippen LogP contribution in [-0.2, 0) is 4.79 Å². The Hall–Kier alpha value is -3.54. The number of imide groups is 1. The number of halogens is 2. The van der Waals surface area contributed by atoms with Crippen LogP contribution in [0.2, 0.25) is 0 Å². The molecule has 0 aliphatic carbocycles. The summed E-state index contributed by atoms with van der Waals surface area (Å²) in [5, 5.41) is 2.07. The van der Waals surface area contributed by atoms with Gasteiger partial charge in [0, 0.05) is 25.5 Å². The van der Waals surface area contributed by atoms with Gasteiger partial charge in [-0.1, -0.05) is 6.07 Å². The first-order valence-electron chi connectivity index (χ1n) is 8.81. The van der Waals surface area contributed by atoms with Gasteiger partial charge in [0.1, 0.15) is 5.69 Å². The number of ether oxygens (including phenoxy) is 2. The fourth-order valence-electron chi connectivity index (χ4n) is 2.60. The summed E-state index contributed by atoms with van der Waals surface area (Å²) >= 11 is 0.732. The zero-order valence-corrected chi connectivity index (χ0v) is 16.9. The molecule has 1 aliphatic rings. The molecular weight excluding hydrogens is 434 g/mol. The summed E-state index contributed by atoms with van der Waals surface area (Å²) in [6, 6.07) is 4.14. The molecule has 2 aromatic rings. The first-order valence-corrected chi connectivity index (χ1v) is 9.63. The highest BCUT2D eigenvalue weighted by Crippen LogP contribution is 2.34. The van der Waals surface area contributed by atoms with Crippen molar-refractivity contribution in [3.8, 4) is 11.5 Å². The monoisotopic (exact) mass is 450 g/mol. The van der Waals surface area contributed by atoms with Gasteiger partial charge in [-0.25, -0.2) is 4.98 Å². The summed E-state index contributed by atoms with van der Waals surface area (Å²) in [4.78, 5) is 45.5. The summed E-state index contributed by atoms with van der Waals surface area (Å²) in [5.74, 6) is -1.11. The Balaban J connectivity index is 1.64. The summed E-state index contributed by atoms with van der Waals surface area (Å²) < 4.78 is 34.3. The number of hydrogen-bond acceptors (Lipinski definition) is 8. The largest absolute Gasteiger partial charge is 0.493 e. The normalized spacial score (nSPS) is 15.0. The van der Waals surface area contributed by atoms with Crippen LogP contribution in [0.4, 0.5) is 13.6 Å². The number of aromatic nitrogens is 2. The van der Waals surface area contributed by atoms with Crippen LogP contribution < -0.4 is 14.8 Å². The molecular formula is C19H16F2N4O5S. The standard InChI is InChI=1S/C19H16F2N4O5S/c1-29-14-8-11(2-3-13(14)30-18(20)21)9-15-17(27)25(19(28)31-15)7-6-24-16(26)12-10-22-4-5-23-12/h2-5,8-10,18H,6-7H2,1H3,(H,24,26)/b15-9-. The quantitative estimate of drug-likeness (QED) is 0.611. The number of alkyl halides is 2. The Kier molecular flexibility index (Phi) is 7.13. The van der Waals surface area contributed by atoms with E-state index in [9.17, 15) is 23.2 Å². The zero-order chi connectivity index (χ0) is 22.4. The van der Waals surface area contributed by atoms with Gasteiger partial charge in [-0.15, -0.1) is 0 Å². The van der Waals surface area contributed by atoms with Crippen molar-refractivity contribution in [2.24, 2.45) is 0 Å². The Labute approximate surface area is 179 Å². The van der Waals surface area contributed by atoms with E-state index in [2.05, 4.69) is 20.0 Å². The molecule has 1 aliphatic heterocycles. The van der Waals surface area contributed by atoms with Gasteiger partial charge in [-0.2, -0.15) is 8.78 Å². The highest BCUT2D eigenvalue weighted by molar-refractivity contribution is 8.18. The maximum atomic E-state index is 12.6. The second kappa shape index (κ2) is 9.98. The third-order valence-corrected chi connectivity index (χ3v) is 4.90. The van der Waals surface area contributed by atoms with E-state index in [0.29, 0.717) is 5.56 Å². The van der Waals surface area contributed by atoms with Crippen molar-refractivity contribution in [1.82, 2.24) is 20.2 Å². The van der Waals surface area contributed by atoms with Crippen LogP contribution in [0.1, 0.15) is 16.1 Å². The molecule has 0 unspecified atom stereocenters. The average molecular weight is 450 g/mol. The lowest BCUT2D eigenvalue weighted by molar-refractivity contribution is -0.122. The summed E-state index contributed by atoms with van der Waals surface area (Å²) in [7, 11) is 1.29. The fraction of sp³-hybridized carbons (Fsp3) is 0.211. The van der Waals surface area contributed by atoms with Crippen LogP contribution in [0.3, 0.4) is 0 Å². The van der Waals surface area contributed by atoms with Crippen molar-refractivity contribution in [3.63, 3.8) is 0 Å². The van der Waals surface area contributed by atoms with E-state index >= 15 is 0 Å². The summed E-state index contributed by atoms with van der Waals surface area (Å²) in [6.45, 7) is -3.00. The van der Waals surface area contributed by atoms with Crippen LogP contribution >= 0.6 is 11.8 Å². The minimum Gasteiger partial charge on any atom is -0.493 e. The Morgan fingerprint density at radius 1 is 1.29 bits per heavy atom. The Morgan fingerprint density at radius 3 is 2.77 bits per heavy atom. The molecule has 12 heteroatoms. The zero-order valence-electron chi connectivity index (χ0n) is 16.1. The van der Waals surface area contributed by atoms with Crippen LogP contribution in [0, 0.1) is 0 Å². The van der Waals surface area contributed by atoms with E-state index in [0.717, 1.165) is 16.7 Å². The van der Waals surface area contributed by atoms with Crippen LogP contribution in [-0.4, -0.2) is 58.7 Å². The highest BCUT2D eigenvalue weighted by atomic mass is 32.2. The van der Waals surface area contributed by atoms with Gasteiger partial charge in [-0.05, 0) is 35.5 Å². The number of methoxy groups -OCH3 is 1. The molecule has 3 amide bonds. The van der Waals surface area contributed by atoms with Gasteiger partial charge in [0.2, 0.25) is 0 Å². The predicted octanol–water partition coefficient (Wildman–Crippen LogP) is 2.55. The number of amides is 3. The molecule has 9 nitrogen and oxygen atoms in total. The molecule has 3 rings (SSSR count). The third kappa shape index (κ3) is 5.54. The lowest BCUT2D eigenvalue weighted by atomic mass is 10.2. The average Bonchev–Trinajstić information content (AvgIpc) is 3.02. The minimum atomic E-state index is -3.01. The summed E-state index contributed by atoms with van der Waals surface area (Å²) in [6.07, 6.45) is 5.54. The SMILES string of the molecule is COc1cc(/C=C2\SC(=O)N(CCNC(=O)c3cnccn3)C2=O)ccc1OC(F)F. The molecule has 0 atom stereocenters. The van der Waals surface area contributed by atoms with Crippen molar-refractivity contribution in [3.05, 3.63) is 53.0 Å². The van der Waals surface area contributed by atoms with Crippen molar-refractivity contribution < 1.29 is 32.6 Å². The number of hydrogen-bond donors (Lipinski definition) is 1. The fourth-order valence-corrected chi connectivity index (χ4v) is 3.46. The molecule has 1 aromatic heterocycles. The first-order chi connectivity index (χ1) is 14.9. The number of benzene rings is 1. The highest BCUT2D eigenvalue weighted by Gasteiger charge is 2.34. The van der Waals surface area contributed by atoms with Crippen LogP contribution in [0.5, 0.6) is 11.5 Å². The van der Waals surface area contributed by atoms with Gasteiger partial charge in [0.05, 0.1) is 18.2 Å². The van der Waals surface area contributed by atoms with Crippen LogP contribution in [0.25, 0.3) is 6.08 Å². The number of carbonyl (C=O) groups excluding carboxylic acids is 3. The van der Waals surface area contributed by atoms with Gasteiger partial charge >= 0.3 is 6.61 Å². The lowest BCUT2D eigenvalue weighted by Crippen LogP contribution is -2.37. The molecule has 0 spiro atoms. The Bertz CT molecular complexity index is 1020. The number of carbonyl (C=O) groups is 3.